The molecule has 2 rings (SSSR count). The Labute approximate surface area is 159 Å². The second-order valence-electron chi connectivity index (χ2n) is 5.46. The second kappa shape index (κ2) is 9.82. The molecule has 0 saturated carbocycles. The van der Waals surface area contributed by atoms with Crippen molar-refractivity contribution in [1.29, 1.82) is 0 Å². The highest BCUT2D eigenvalue weighted by molar-refractivity contribution is 7.98. The summed E-state index contributed by atoms with van der Waals surface area (Å²) in [4.78, 5) is 36.4. The van der Waals surface area contributed by atoms with Gasteiger partial charge in [-0.15, -0.1) is 11.8 Å². The van der Waals surface area contributed by atoms with Gasteiger partial charge in [0.2, 0.25) is 0 Å². The standard InChI is InChI=1S/C19H17F2NO4S/c1-27-13-7-5-12(6-8-13)16(23)9-10-18(25)26-11-17(24)22-19-14(20)3-2-4-15(19)21/h2-8H,9-11H2,1H3,(H,22,24). The smallest absolute Gasteiger partial charge is 0.306 e. The van der Waals surface area contributed by atoms with Crippen LogP contribution in [0.4, 0.5) is 14.5 Å². The molecule has 0 aliphatic rings. The van der Waals surface area contributed by atoms with E-state index in [0.717, 1.165) is 23.1 Å². The quantitative estimate of drug-likeness (QED) is 0.419. The van der Waals surface area contributed by atoms with Crippen molar-refractivity contribution in [2.75, 3.05) is 18.2 Å². The van der Waals surface area contributed by atoms with Gasteiger partial charge < -0.3 is 10.1 Å². The zero-order valence-electron chi connectivity index (χ0n) is 14.5. The van der Waals surface area contributed by atoms with Crippen LogP contribution < -0.4 is 5.32 Å². The average molecular weight is 393 g/mol. The van der Waals surface area contributed by atoms with E-state index in [0.29, 0.717) is 5.56 Å². The summed E-state index contributed by atoms with van der Waals surface area (Å²) in [7, 11) is 0. The number of hydrogen-bond donors (Lipinski definition) is 1. The molecule has 0 heterocycles. The van der Waals surface area contributed by atoms with Crippen molar-refractivity contribution in [3.05, 3.63) is 59.7 Å². The first-order chi connectivity index (χ1) is 12.9. The number of carbonyl (C=O) groups excluding carboxylic acids is 3. The molecule has 0 aromatic heterocycles. The van der Waals surface area contributed by atoms with E-state index in [1.807, 2.05) is 23.7 Å². The number of benzene rings is 2. The molecular weight excluding hydrogens is 376 g/mol. The minimum absolute atomic E-state index is 0.0684. The van der Waals surface area contributed by atoms with Crippen molar-refractivity contribution in [2.24, 2.45) is 0 Å². The van der Waals surface area contributed by atoms with Gasteiger partial charge in [-0.05, 0) is 30.5 Å². The number of halogens is 2. The number of anilines is 1. The molecule has 8 heteroatoms. The topological polar surface area (TPSA) is 72.5 Å². The molecule has 5 nitrogen and oxygen atoms in total. The lowest BCUT2D eigenvalue weighted by molar-refractivity contribution is -0.147. The highest BCUT2D eigenvalue weighted by Crippen LogP contribution is 2.18. The Morgan fingerprint density at radius 1 is 1.00 bits per heavy atom. The fourth-order valence-corrected chi connectivity index (χ4v) is 2.56. The number of ketones is 1. The lowest BCUT2D eigenvalue weighted by Crippen LogP contribution is -2.22. The van der Waals surface area contributed by atoms with Gasteiger partial charge in [-0.2, -0.15) is 0 Å². The Hall–Kier alpha value is -2.74. The summed E-state index contributed by atoms with van der Waals surface area (Å²) in [5.41, 5.74) is -0.129. The number of amides is 1. The van der Waals surface area contributed by atoms with E-state index < -0.39 is 35.8 Å². The van der Waals surface area contributed by atoms with Gasteiger partial charge in [-0.25, -0.2) is 8.78 Å². The molecule has 0 unspecified atom stereocenters. The first kappa shape index (κ1) is 20.6. The maximum absolute atomic E-state index is 13.4. The predicted octanol–water partition coefficient (Wildman–Crippen LogP) is 3.83. The molecule has 0 spiro atoms. The van der Waals surface area contributed by atoms with Gasteiger partial charge in [-0.3, -0.25) is 14.4 Å². The molecule has 0 saturated heterocycles. The van der Waals surface area contributed by atoms with E-state index in [1.54, 1.807) is 23.9 Å². The summed E-state index contributed by atoms with van der Waals surface area (Å²) in [5.74, 6) is -3.74. The molecule has 0 fully saturated rings. The van der Waals surface area contributed by atoms with Gasteiger partial charge in [-0.1, -0.05) is 18.2 Å². The summed E-state index contributed by atoms with van der Waals surface area (Å²) in [5, 5.41) is 2.00. The Morgan fingerprint density at radius 3 is 2.22 bits per heavy atom. The van der Waals surface area contributed by atoms with Crippen LogP contribution in [0.2, 0.25) is 0 Å². The van der Waals surface area contributed by atoms with Gasteiger partial charge in [0.25, 0.3) is 5.91 Å². The van der Waals surface area contributed by atoms with Gasteiger partial charge in [0.05, 0.1) is 6.42 Å². The Kier molecular flexibility index (Phi) is 7.48. The Balaban J connectivity index is 1.76. The fourth-order valence-electron chi connectivity index (χ4n) is 2.15. The van der Waals surface area contributed by atoms with Crippen LogP contribution in [-0.2, 0) is 14.3 Å². The number of nitrogens with one attached hydrogen (secondary N) is 1. The van der Waals surface area contributed by atoms with Crippen molar-refractivity contribution in [2.45, 2.75) is 17.7 Å². The average Bonchev–Trinajstić information content (AvgIpc) is 2.67. The van der Waals surface area contributed by atoms with Crippen molar-refractivity contribution in [3.8, 4) is 0 Å². The van der Waals surface area contributed by atoms with Crippen molar-refractivity contribution >= 4 is 35.1 Å². The third-order valence-electron chi connectivity index (χ3n) is 3.56. The molecule has 1 amide bonds. The Bertz CT molecular complexity index is 820. The number of esters is 1. The van der Waals surface area contributed by atoms with Crippen LogP contribution in [0.25, 0.3) is 0 Å². The largest absolute Gasteiger partial charge is 0.456 e. The van der Waals surface area contributed by atoms with Crippen LogP contribution in [0.1, 0.15) is 23.2 Å². The zero-order chi connectivity index (χ0) is 19.8. The number of para-hydroxylation sites is 1. The van der Waals surface area contributed by atoms with E-state index in [-0.39, 0.29) is 18.6 Å². The van der Waals surface area contributed by atoms with Crippen molar-refractivity contribution in [3.63, 3.8) is 0 Å². The lowest BCUT2D eigenvalue weighted by Gasteiger charge is -2.08. The molecular formula is C19H17F2NO4S. The van der Waals surface area contributed by atoms with E-state index in [4.69, 9.17) is 4.74 Å². The summed E-state index contributed by atoms with van der Waals surface area (Å²) in [6.07, 6.45) is 1.65. The Morgan fingerprint density at radius 2 is 1.63 bits per heavy atom. The predicted molar refractivity (Wildman–Crippen MR) is 97.7 cm³/mol. The number of ether oxygens (including phenoxy) is 1. The number of Topliss-reactive ketones (excluding diaryl/α,β-unsaturated/α-hetero) is 1. The van der Waals surface area contributed by atoms with E-state index in [2.05, 4.69) is 0 Å². The SMILES string of the molecule is CSc1ccc(C(=O)CCC(=O)OCC(=O)Nc2c(F)cccc2F)cc1. The minimum atomic E-state index is -0.937. The normalized spacial score (nSPS) is 10.3. The van der Waals surface area contributed by atoms with Crippen LogP contribution in [0.15, 0.2) is 47.4 Å². The highest BCUT2D eigenvalue weighted by Gasteiger charge is 2.15. The number of rotatable bonds is 8. The third kappa shape index (κ3) is 6.18. The first-order valence-corrected chi connectivity index (χ1v) is 9.20. The van der Waals surface area contributed by atoms with E-state index in [1.165, 1.54) is 0 Å². The monoisotopic (exact) mass is 393 g/mol. The van der Waals surface area contributed by atoms with Crippen molar-refractivity contribution < 1.29 is 27.9 Å². The molecule has 0 aliphatic carbocycles. The molecule has 2 aromatic rings. The maximum Gasteiger partial charge on any atom is 0.306 e. The molecule has 1 N–H and O–H groups in total. The molecule has 142 valence electrons. The van der Waals surface area contributed by atoms with Gasteiger partial charge in [0.1, 0.15) is 17.3 Å². The second-order valence-corrected chi connectivity index (χ2v) is 6.34. The molecule has 0 atom stereocenters. The first-order valence-electron chi connectivity index (χ1n) is 7.97. The summed E-state index contributed by atoms with van der Waals surface area (Å²) >= 11 is 1.55. The maximum atomic E-state index is 13.4. The number of carbonyl (C=O) groups is 3. The van der Waals surface area contributed by atoms with Crippen LogP contribution in [0.5, 0.6) is 0 Å². The number of thioether (sulfide) groups is 1. The lowest BCUT2D eigenvalue weighted by atomic mass is 10.1. The van der Waals surface area contributed by atoms with Crippen LogP contribution in [-0.4, -0.2) is 30.5 Å². The van der Waals surface area contributed by atoms with Crippen LogP contribution >= 0.6 is 11.8 Å². The van der Waals surface area contributed by atoms with Crippen LogP contribution in [0.3, 0.4) is 0 Å². The van der Waals surface area contributed by atoms with Gasteiger partial charge in [0, 0.05) is 16.9 Å². The molecule has 2 aromatic carbocycles. The fraction of sp³-hybridized carbons (Fsp3) is 0.211. The number of hydrogen-bond acceptors (Lipinski definition) is 5. The zero-order valence-corrected chi connectivity index (χ0v) is 15.3. The van der Waals surface area contributed by atoms with Crippen LogP contribution in [0, 0.1) is 11.6 Å². The summed E-state index contributed by atoms with van der Waals surface area (Å²) in [6, 6.07) is 10.1. The molecule has 0 bridgehead atoms. The van der Waals surface area contributed by atoms with E-state index >= 15 is 0 Å². The molecule has 0 radical (unpaired) electrons. The van der Waals surface area contributed by atoms with E-state index in [9.17, 15) is 23.2 Å². The molecule has 0 aliphatic heterocycles. The third-order valence-corrected chi connectivity index (χ3v) is 4.30. The van der Waals surface area contributed by atoms with Crippen molar-refractivity contribution in [1.82, 2.24) is 0 Å². The highest BCUT2D eigenvalue weighted by atomic mass is 32.2. The van der Waals surface area contributed by atoms with Gasteiger partial charge >= 0.3 is 5.97 Å². The molecule has 27 heavy (non-hydrogen) atoms. The summed E-state index contributed by atoms with van der Waals surface area (Å²) < 4.78 is 31.6. The minimum Gasteiger partial charge on any atom is -0.456 e. The van der Waals surface area contributed by atoms with Gasteiger partial charge in [0.15, 0.2) is 12.4 Å². The summed E-state index contributed by atoms with van der Waals surface area (Å²) in [6.45, 7) is -0.705.